The number of sulfonamides is 1. The van der Waals surface area contributed by atoms with Crippen LogP contribution in [-0.4, -0.2) is 58.5 Å². The van der Waals surface area contributed by atoms with Crippen molar-refractivity contribution in [2.45, 2.75) is 37.6 Å². The highest BCUT2D eigenvalue weighted by molar-refractivity contribution is 7.89. The lowest BCUT2D eigenvalue weighted by atomic mass is 10.2. The van der Waals surface area contributed by atoms with Gasteiger partial charge in [-0.25, -0.2) is 13.1 Å². The molecular formula is C22H27N7O3S. The Morgan fingerprint density at radius 3 is 2.48 bits per heavy atom. The maximum Gasteiger partial charge on any atom is 0.243 e. The van der Waals surface area contributed by atoms with E-state index in [0.29, 0.717) is 30.6 Å². The van der Waals surface area contributed by atoms with Crippen molar-refractivity contribution in [2.24, 2.45) is 0 Å². The Balaban J connectivity index is 1.36. The molecule has 0 radical (unpaired) electrons. The first kappa shape index (κ1) is 22.9. The van der Waals surface area contributed by atoms with Crippen molar-refractivity contribution in [3.05, 3.63) is 48.5 Å². The molecule has 1 aromatic heterocycles. The van der Waals surface area contributed by atoms with Gasteiger partial charge in [0.2, 0.25) is 15.9 Å². The normalized spacial score (nSPS) is 13.8. The molecule has 1 fully saturated rings. The average Bonchev–Trinajstić information content (AvgIpc) is 3.55. The summed E-state index contributed by atoms with van der Waals surface area (Å²) in [5, 5.41) is 17.9. The smallest absolute Gasteiger partial charge is 0.243 e. The zero-order valence-electron chi connectivity index (χ0n) is 18.6. The molecule has 3 aromatic rings. The number of rotatable bonds is 10. The number of hydrogen-bond donors (Lipinski definition) is 2. The van der Waals surface area contributed by atoms with Crippen molar-refractivity contribution in [1.82, 2.24) is 24.5 Å². The Labute approximate surface area is 193 Å². The van der Waals surface area contributed by atoms with Gasteiger partial charge in [0.15, 0.2) is 5.82 Å². The summed E-state index contributed by atoms with van der Waals surface area (Å²) in [6, 6.07) is 14.2. The third-order valence-corrected chi connectivity index (χ3v) is 7.50. The molecule has 0 aliphatic heterocycles. The summed E-state index contributed by atoms with van der Waals surface area (Å²) in [4.78, 5) is 12.6. The van der Waals surface area contributed by atoms with Gasteiger partial charge < -0.3 is 10.6 Å². The predicted molar refractivity (Wildman–Crippen MR) is 125 cm³/mol. The van der Waals surface area contributed by atoms with Crippen molar-refractivity contribution in [3.63, 3.8) is 0 Å². The van der Waals surface area contributed by atoms with Gasteiger partial charge in [-0.3, -0.25) is 4.79 Å². The summed E-state index contributed by atoms with van der Waals surface area (Å²) >= 11 is 0. The van der Waals surface area contributed by atoms with Crippen LogP contribution in [0, 0.1) is 0 Å². The first-order valence-corrected chi connectivity index (χ1v) is 12.4. The summed E-state index contributed by atoms with van der Waals surface area (Å²) in [6.07, 6.45) is 2.16. The highest BCUT2D eigenvalue weighted by Gasteiger charge is 2.28. The quantitative estimate of drug-likeness (QED) is 0.468. The Bertz CT molecular complexity index is 1220. The molecule has 1 saturated carbocycles. The fourth-order valence-electron chi connectivity index (χ4n) is 3.53. The Morgan fingerprint density at radius 1 is 1.09 bits per heavy atom. The number of aromatic nitrogens is 4. The lowest BCUT2D eigenvalue weighted by Gasteiger charge is -2.18. The van der Waals surface area contributed by atoms with E-state index in [1.165, 1.54) is 16.4 Å². The highest BCUT2D eigenvalue weighted by Crippen LogP contribution is 2.36. The van der Waals surface area contributed by atoms with E-state index in [4.69, 9.17) is 0 Å². The number of amides is 1. The molecule has 0 unspecified atom stereocenters. The van der Waals surface area contributed by atoms with Gasteiger partial charge in [-0.1, -0.05) is 26.0 Å². The Kier molecular flexibility index (Phi) is 6.70. The van der Waals surface area contributed by atoms with E-state index in [-0.39, 0.29) is 17.3 Å². The molecule has 10 nitrogen and oxygen atoms in total. The third kappa shape index (κ3) is 5.20. The van der Waals surface area contributed by atoms with Gasteiger partial charge in [0.05, 0.1) is 17.5 Å². The Morgan fingerprint density at radius 2 is 1.82 bits per heavy atom. The lowest BCUT2D eigenvalue weighted by molar-refractivity contribution is -0.114. The number of anilines is 2. The first-order chi connectivity index (χ1) is 15.9. The van der Waals surface area contributed by atoms with Crippen LogP contribution in [0.15, 0.2) is 53.4 Å². The van der Waals surface area contributed by atoms with Crippen LogP contribution in [0.3, 0.4) is 0 Å². The van der Waals surface area contributed by atoms with E-state index in [9.17, 15) is 13.2 Å². The van der Waals surface area contributed by atoms with E-state index in [0.717, 1.165) is 24.1 Å². The summed E-state index contributed by atoms with van der Waals surface area (Å²) in [7, 11) is -3.53. The van der Waals surface area contributed by atoms with Crippen molar-refractivity contribution < 1.29 is 13.2 Å². The number of hydrogen-bond acceptors (Lipinski definition) is 7. The van der Waals surface area contributed by atoms with E-state index in [2.05, 4.69) is 26.2 Å². The molecule has 2 aromatic carbocycles. The first-order valence-electron chi connectivity index (χ1n) is 10.9. The van der Waals surface area contributed by atoms with Crippen molar-refractivity contribution in [1.29, 1.82) is 0 Å². The van der Waals surface area contributed by atoms with Gasteiger partial charge in [-0.05, 0) is 59.7 Å². The van der Waals surface area contributed by atoms with Gasteiger partial charge in [0.25, 0.3) is 0 Å². The summed E-state index contributed by atoms with van der Waals surface area (Å²) < 4.78 is 28.4. The second-order valence-corrected chi connectivity index (χ2v) is 9.71. The number of benzene rings is 2. The Hall–Kier alpha value is -3.31. The minimum absolute atomic E-state index is 0.0521. The van der Waals surface area contributed by atoms with Gasteiger partial charge in [0, 0.05) is 30.0 Å². The molecule has 1 aliphatic carbocycles. The van der Waals surface area contributed by atoms with Crippen molar-refractivity contribution >= 4 is 27.3 Å². The predicted octanol–water partition coefficient (Wildman–Crippen LogP) is 2.76. The lowest BCUT2D eigenvalue weighted by Crippen LogP contribution is -2.30. The second kappa shape index (κ2) is 9.67. The molecule has 2 N–H and O–H groups in total. The van der Waals surface area contributed by atoms with E-state index in [1.807, 2.05) is 28.9 Å². The SMILES string of the molecule is CCN(CC)S(=O)(=O)c1ccc(NC(=O)CNc2cccc(-c3nnnn3C3CC3)c2)cc1. The number of tetrazole rings is 1. The zero-order chi connectivity index (χ0) is 23.4. The van der Waals surface area contributed by atoms with Gasteiger partial charge >= 0.3 is 0 Å². The van der Waals surface area contributed by atoms with E-state index < -0.39 is 10.0 Å². The summed E-state index contributed by atoms with van der Waals surface area (Å²) in [5.74, 6) is 0.466. The van der Waals surface area contributed by atoms with E-state index in [1.54, 1.807) is 26.0 Å². The molecule has 11 heteroatoms. The second-order valence-electron chi connectivity index (χ2n) is 7.77. The molecule has 0 bridgehead atoms. The molecule has 174 valence electrons. The maximum atomic E-state index is 12.6. The largest absolute Gasteiger partial charge is 0.376 e. The van der Waals surface area contributed by atoms with Crippen LogP contribution in [0.5, 0.6) is 0 Å². The number of carbonyl (C=O) groups is 1. The summed E-state index contributed by atoms with van der Waals surface area (Å²) in [5.41, 5.74) is 2.17. The fraction of sp³-hybridized carbons (Fsp3) is 0.364. The molecule has 4 rings (SSSR count). The van der Waals surface area contributed by atoms with Gasteiger partial charge in [-0.2, -0.15) is 4.31 Å². The minimum Gasteiger partial charge on any atom is -0.376 e. The molecule has 0 spiro atoms. The van der Waals surface area contributed by atoms with Crippen LogP contribution in [-0.2, 0) is 14.8 Å². The molecule has 33 heavy (non-hydrogen) atoms. The third-order valence-electron chi connectivity index (χ3n) is 5.44. The van der Waals surface area contributed by atoms with Gasteiger partial charge in [0.1, 0.15) is 0 Å². The van der Waals surface area contributed by atoms with Crippen LogP contribution in [0.1, 0.15) is 32.7 Å². The maximum absolute atomic E-state index is 12.6. The standard InChI is InChI=1S/C22H27N7O3S/c1-3-28(4-2)33(31,32)20-12-8-17(9-13-20)24-21(30)15-23-18-7-5-6-16(14-18)22-25-26-27-29(22)19-10-11-19/h5-9,12-14,19,23H,3-4,10-11,15H2,1-2H3,(H,24,30). The fourth-order valence-corrected chi connectivity index (χ4v) is 4.99. The van der Waals surface area contributed by atoms with Gasteiger partial charge in [-0.15, -0.1) is 5.10 Å². The van der Waals surface area contributed by atoms with E-state index >= 15 is 0 Å². The molecule has 1 aliphatic rings. The van der Waals surface area contributed by atoms with Crippen LogP contribution >= 0.6 is 0 Å². The molecule has 1 heterocycles. The van der Waals surface area contributed by atoms with Crippen LogP contribution in [0.25, 0.3) is 11.4 Å². The van der Waals surface area contributed by atoms with Crippen LogP contribution in [0.4, 0.5) is 11.4 Å². The molecule has 0 saturated heterocycles. The molecular weight excluding hydrogens is 442 g/mol. The average molecular weight is 470 g/mol. The highest BCUT2D eigenvalue weighted by atomic mass is 32.2. The van der Waals surface area contributed by atoms with Crippen molar-refractivity contribution in [3.8, 4) is 11.4 Å². The number of nitrogens with one attached hydrogen (secondary N) is 2. The molecule has 1 amide bonds. The number of nitrogens with zero attached hydrogens (tertiary/aromatic N) is 5. The topological polar surface area (TPSA) is 122 Å². The van der Waals surface area contributed by atoms with Crippen LogP contribution in [0.2, 0.25) is 0 Å². The van der Waals surface area contributed by atoms with Crippen molar-refractivity contribution in [2.75, 3.05) is 30.3 Å². The molecule has 0 atom stereocenters. The summed E-state index contributed by atoms with van der Waals surface area (Å²) in [6.45, 7) is 4.45. The zero-order valence-corrected chi connectivity index (χ0v) is 19.4. The van der Waals surface area contributed by atoms with Crippen LogP contribution < -0.4 is 10.6 Å². The minimum atomic E-state index is -3.53. The number of carbonyl (C=O) groups excluding carboxylic acids is 1. The monoisotopic (exact) mass is 469 g/mol.